The molecule has 0 radical (unpaired) electrons. The molecule has 1 aromatic heterocycles. The maximum Gasteiger partial charge on any atom is 0.402 e. The summed E-state index contributed by atoms with van der Waals surface area (Å²) in [5.74, 6) is 0. The van der Waals surface area contributed by atoms with Crippen LogP contribution in [-0.2, 0) is 16.6 Å². The van der Waals surface area contributed by atoms with Crippen molar-refractivity contribution in [3.8, 4) is 0 Å². The van der Waals surface area contributed by atoms with Crippen molar-refractivity contribution in [2.45, 2.75) is 23.9 Å². The minimum Gasteiger partial charge on any atom is -0.391 e. The first-order chi connectivity index (χ1) is 7.65. The number of halogens is 3. The smallest absolute Gasteiger partial charge is 0.391 e. The number of thiophene rings is 1. The zero-order valence-corrected chi connectivity index (χ0v) is 10.3. The van der Waals surface area contributed by atoms with Crippen LogP contribution in [0, 0.1) is 6.92 Å². The first-order valence-electron chi connectivity index (χ1n) is 4.42. The van der Waals surface area contributed by atoms with E-state index in [2.05, 4.69) is 0 Å². The summed E-state index contributed by atoms with van der Waals surface area (Å²) in [6, 6.07) is 1.23. The van der Waals surface area contributed by atoms with Crippen LogP contribution in [0.15, 0.2) is 10.3 Å². The van der Waals surface area contributed by atoms with Gasteiger partial charge in [-0.1, -0.05) is 0 Å². The number of sulfonamides is 1. The van der Waals surface area contributed by atoms with Gasteiger partial charge in [0.15, 0.2) is 0 Å². The van der Waals surface area contributed by atoms with E-state index in [1.807, 2.05) is 0 Å². The molecular weight excluding hydrogens is 279 g/mol. The van der Waals surface area contributed by atoms with Gasteiger partial charge in [0.05, 0.1) is 6.61 Å². The molecule has 0 atom stereocenters. The first-order valence-corrected chi connectivity index (χ1v) is 6.72. The number of aliphatic hydroxyl groups is 1. The Morgan fingerprint density at radius 3 is 2.47 bits per heavy atom. The van der Waals surface area contributed by atoms with Crippen LogP contribution < -0.4 is 4.72 Å². The number of hydrogen-bond donors (Lipinski definition) is 2. The zero-order valence-electron chi connectivity index (χ0n) is 8.71. The molecule has 0 saturated carbocycles. The molecule has 1 aromatic rings. The van der Waals surface area contributed by atoms with Gasteiger partial charge >= 0.3 is 6.18 Å². The van der Waals surface area contributed by atoms with Crippen molar-refractivity contribution in [3.63, 3.8) is 0 Å². The number of aryl methyl sites for hydroxylation is 1. The highest BCUT2D eigenvalue weighted by Gasteiger charge is 2.30. The molecule has 2 N–H and O–H groups in total. The van der Waals surface area contributed by atoms with Crippen LogP contribution in [0.25, 0.3) is 0 Å². The largest absolute Gasteiger partial charge is 0.402 e. The molecule has 9 heteroatoms. The Kier molecular flexibility index (Phi) is 4.18. The molecule has 98 valence electrons. The Morgan fingerprint density at radius 1 is 1.47 bits per heavy atom. The van der Waals surface area contributed by atoms with Crippen molar-refractivity contribution in [1.29, 1.82) is 0 Å². The molecule has 0 aromatic carbocycles. The van der Waals surface area contributed by atoms with Crippen molar-refractivity contribution >= 4 is 21.4 Å². The van der Waals surface area contributed by atoms with E-state index in [9.17, 15) is 21.6 Å². The molecule has 0 aliphatic heterocycles. The van der Waals surface area contributed by atoms with E-state index in [0.29, 0.717) is 10.4 Å². The number of hydrogen-bond acceptors (Lipinski definition) is 4. The topological polar surface area (TPSA) is 66.4 Å². The lowest BCUT2D eigenvalue weighted by atomic mass is 10.3. The molecular formula is C8H10F3NO3S2. The Balaban J connectivity index is 2.90. The number of aliphatic hydroxyl groups excluding tert-OH is 1. The first kappa shape index (κ1) is 14.4. The third-order valence-corrected chi connectivity index (χ3v) is 4.97. The minimum absolute atomic E-state index is 0.233. The van der Waals surface area contributed by atoms with Gasteiger partial charge in [0.2, 0.25) is 10.0 Å². The molecule has 0 amide bonds. The van der Waals surface area contributed by atoms with Gasteiger partial charge in [-0.2, -0.15) is 13.2 Å². The maximum absolute atomic E-state index is 11.9. The van der Waals surface area contributed by atoms with Crippen molar-refractivity contribution in [3.05, 3.63) is 16.5 Å². The van der Waals surface area contributed by atoms with Crippen molar-refractivity contribution < 1.29 is 26.7 Å². The molecule has 0 aliphatic carbocycles. The van der Waals surface area contributed by atoms with Gasteiger partial charge in [-0.25, -0.2) is 13.1 Å². The summed E-state index contributed by atoms with van der Waals surface area (Å²) in [6.07, 6.45) is -4.60. The molecule has 0 aliphatic rings. The Hall–Kier alpha value is -0.640. The Morgan fingerprint density at radius 2 is 2.06 bits per heavy atom. The van der Waals surface area contributed by atoms with E-state index in [1.165, 1.54) is 10.8 Å². The van der Waals surface area contributed by atoms with Gasteiger partial charge in [-0.3, -0.25) is 0 Å². The number of nitrogens with one attached hydrogen (secondary N) is 1. The van der Waals surface area contributed by atoms with Crippen LogP contribution in [0.4, 0.5) is 13.2 Å². The third-order valence-electron chi connectivity index (χ3n) is 1.87. The van der Waals surface area contributed by atoms with Crippen molar-refractivity contribution in [2.24, 2.45) is 0 Å². The summed E-state index contributed by atoms with van der Waals surface area (Å²) in [5, 5.41) is 8.87. The van der Waals surface area contributed by atoms with Gasteiger partial charge in [-0.15, -0.1) is 11.3 Å². The van der Waals surface area contributed by atoms with E-state index in [0.717, 1.165) is 11.3 Å². The van der Waals surface area contributed by atoms with Crippen LogP contribution >= 0.6 is 11.3 Å². The van der Waals surface area contributed by atoms with Gasteiger partial charge in [-0.05, 0) is 18.6 Å². The molecule has 0 spiro atoms. The predicted molar refractivity (Wildman–Crippen MR) is 56.2 cm³/mol. The van der Waals surface area contributed by atoms with Gasteiger partial charge in [0, 0.05) is 4.88 Å². The van der Waals surface area contributed by atoms with E-state index >= 15 is 0 Å². The zero-order chi connectivity index (χ0) is 13.3. The Labute approximate surface area is 100 Å². The van der Waals surface area contributed by atoms with Crippen LogP contribution in [-0.4, -0.2) is 26.2 Å². The lowest BCUT2D eigenvalue weighted by Crippen LogP contribution is -2.33. The molecule has 17 heavy (non-hydrogen) atoms. The fourth-order valence-electron chi connectivity index (χ4n) is 1.03. The van der Waals surface area contributed by atoms with E-state index < -0.39 is 22.7 Å². The standard InChI is InChI=1S/C8H10F3NO3S2/c1-5-2-7(16-6(5)3-13)17(14,15)12-4-8(9,10)11/h2,12-13H,3-4H2,1H3. The van der Waals surface area contributed by atoms with E-state index in [1.54, 1.807) is 6.92 Å². The normalized spacial score (nSPS) is 13.0. The van der Waals surface area contributed by atoms with Crippen LogP contribution in [0.3, 0.4) is 0 Å². The Bertz CT molecular complexity index is 493. The van der Waals surface area contributed by atoms with Gasteiger partial charge in [0.25, 0.3) is 0 Å². The SMILES string of the molecule is Cc1cc(S(=O)(=O)NCC(F)(F)F)sc1CO. The maximum atomic E-state index is 11.9. The second-order valence-electron chi connectivity index (χ2n) is 3.27. The average Bonchev–Trinajstić information content (AvgIpc) is 2.56. The highest BCUT2D eigenvalue weighted by molar-refractivity contribution is 7.91. The van der Waals surface area contributed by atoms with Crippen molar-refractivity contribution in [1.82, 2.24) is 4.72 Å². The highest BCUT2D eigenvalue weighted by Crippen LogP contribution is 2.26. The van der Waals surface area contributed by atoms with Crippen LogP contribution in [0.1, 0.15) is 10.4 Å². The monoisotopic (exact) mass is 289 g/mol. The fraction of sp³-hybridized carbons (Fsp3) is 0.500. The minimum atomic E-state index is -4.60. The summed E-state index contributed by atoms with van der Waals surface area (Å²) >= 11 is 0.749. The molecule has 0 fully saturated rings. The summed E-state index contributed by atoms with van der Waals surface area (Å²) in [6.45, 7) is -0.378. The quantitative estimate of drug-likeness (QED) is 0.880. The van der Waals surface area contributed by atoms with Gasteiger partial charge < -0.3 is 5.11 Å². The second-order valence-corrected chi connectivity index (χ2v) is 6.40. The fourth-order valence-corrected chi connectivity index (χ4v) is 3.53. The molecule has 0 bridgehead atoms. The second kappa shape index (κ2) is 4.92. The van der Waals surface area contributed by atoms with Crippen molar-refractivity contribution in [2.75, 3.05) is 6.54 Å². The molecule has 0 unspecified atom stereocenters. The highest BCUT2D eigenvalue weighted by atomic mass is 32.2. The van der Waals surface area contributed by atoms with E-state index in [-0.39, 0.29) is 10.8 Å². The summed E-state index contributed by atoms with van der Waals surface area (Å²) in [7, 11) is -4.17. The predicted octanol–water partition coefficient (Wildman–Crippen LogP) is 1.39. The number of alkyl halides is 3. The van der Waals surface area contributed by atoms with E-state index in [4.69, 9.17) is 5.11 Å². The van der Waals surface area contributed by atoms with Crippen LogP contribution in [0.2, 0.25) is 0 Å². The van der Waals surface area contributed by atoms with Crippen LogP contribution in [0.5, 0.6) is 0 Å². The summed E-state index contributed by atoms with van der Waals surface area (Å²) in [5.41, 5.74) is 0.532. The summed E-state index contributed by atoms with van der Waals surface area (Å²) < 4.78 is 59.8. The lowest BCUT2D eigenvalue weighted by Gasteiger charge is -2.07. The molecule has 1 heterocycles. The average molecular weight is 289 g/mol. The summed E-state index contributed by atoms with van der Waals surface area (Å²) in [4.78, 5) is 0.414. The third kappa shape index (κ3) is 3.95. The molecule has 1 rings (SSSR count). The molecule has 4 nitrogen and oxygen atoms in total. The lowest BCUT2D eigenvalue weighted by molar-refractivity contribution is -0.121. The van der Waals surface area contributed by atoms with Gasteiger partial charge in [0.1, 0.15) is 10.8 Å². The molecule has 0 saturated heterocycles. The number of rotatable bonds is 4.